The third-order valence-electron chi connectivity index (χ3n) is 8.53. The van der Waals surface area contributed by atoms with Crippen molar-refractivity contribution in [2.75, 3.05) is 38.1 Å². The van der Waals surface area contributed by atoms with Gasteiger partial charge >= 0.3 is 0 Å². The average Bonchev–Trinajstić information content (AvgIpc) is 2.80. The third kappa shape index (κ3) is 5.59. The first-order chi connectivity index (χ1) is 15.9. The van der Waals surface area contributed by atoms with Crippen molar-refractivity contribution < 1.29 is 4.79 Å². The molecule has 1 aliphatic carbocycles. The van der Waals surface area contributed by atoms with Crippen LogP contribution in [0.3, 0.4) is 0 Å². The third-order valence-corrected chi connectivity index (χ3v) is 8.53. The Balaban J connectivity index is 1.29. The summed E-state index contributed by atoms with van der Waals surface area (Å²) in [6, 6.07) is 1.68. The molecule has 6 nitrogen and oxygen atoms in total. The minimum Gasteiger partial charge on any atom is -0.332 e. The Hall–Kier alpha value is -1.53. The van der Waals surface area contributed by atoms with E-state index in [0.29, 0.717) is 35.7 Å². The molecule has 6 heteroatoms. The molecule has 3 heterocycles. The molecule has 0 spiro atoms. The Morgan fingerprint density at radius 2 is 1.61 bits per heavy atom. The van der Waals surface area contributed by atoms with Gasteiger partial charge in [-0.2, -0.15) is 0 Å². The van der Waals surface area contributed by atoms with Gasteiger partial charge in [0.2, 0.25) is 5.95 Å². The van der Waals surface area contributed by atoms with E-state index in [1.165, 1.54) is 31.2 Å². The summed E-state index contributed by atoms with van der Waals surface area (Å²) in [5.74, 6) is 2.74. The number of piperazine rings is 1. The number of carbonyl (C=O) groups excluding carboxylic acids is 1. The number of rotatable bonds is 8. The standard InChI is InChI=1S/C27H45N5O/c1-6-23-17-30(5)18-24(7-2)32(23)27-28-15-22(16-29-27)21-8-10-31(11-9-21)25-12-20(13-25)14-26(33)19(3)4/h15-16,19-21,23-25H,6-14,17-18H2,1-5H3. The fourth-order valence-electron chi connectivity index (χ4n) is 6.21. The molecule has 1 aromatic rings. The molecule has 1 aromatic heterocycles. The molecule has 2 aliphatic heterocycles. The Morgan fingerprint density at radius 1 is 1.03 bits per heavy atom. The predicted molar refractivity (Wildman–Crippen MR) is 135 cm³/mol. The molecule has 0 amide bonds. The van der Waals surface area contributed by atoms with Gasteiger partial charge in [-0.25, -0.2) is 9.97 Å². The fourth-order valence-corrected chi connectivity index (χ4v) is 6.21. The van der Waals surface area contributed by atoms with Gasteiger partial charge in [-0.1, -0.05) is 27.7 Å². The second kappa shape index (κ2) is 10.8. The summed E-state index contributed by atoms with van der Waals surface area (Å²) in [5.41, 5.74) is 1.31. The Labute approximate surface area is 201 Å². The molecule has 0 radical (unpaired) electrons. The van der Waals surface area contributed by atoms with Crippen LogP contribution < -0.4 is 4.90 Å². The number of ketones is 1. The molecule has 2 unspecified atom stereocenters. The summed E-state index contributed by atoms with van der Waals surface area (Å²) in [5, 5.41) is 0. The van der Waals surface area contributed by atoms with Gasteiger partial charge in [-0.3, -0.25) is 4.79 Å². The second-order valence-electron chi connectivity index (χ2n) is 11.2. The van der Waals surface area contributed by atoms with Gasteiger partial charge < -0.3 is 14.7 Å². The number of hydrogen-bond donors (Lipinski definition) is 0. The summed E-state index contributed by atoms with van der Waals surface area (Å²) < 4.78 is 0. The lowest BCUT2D eigenvalue weighted by Crippen LogP contribution is -2.58. The molecule has 1 saturated carbocycles. The van der Waals surface area contributed by atoms with E-state index >= 15 is 0 Å². The molecule has 0 bridgehead atoms. The fraction of sp³-hybridized carbons (Fsp3) is 0.815. The van der Waals surface area contributed by atoms with E-state index in [9.17, 15) is 4.79 Å². The van der Waals surface area contributed by atoms with Crippen molar-refractivity contribution in [3.8, 4) is 0 Å². The summed E-state index contributed by atoms with van der Waals surface area (Å²) in [6.07, 6.45) is 12.1. The molecular weight excluding hydrogens is 410 g/mol. The molecule has 3 aliphatic rings. The van der Waals surface area contributed by atoms with E-state index in [2.05, 4.69) is 48.0 Å². The van der Waals surface area contributed by atoms with Crippen LogP contribution in [0.15, 0.2) is 12.4 Å². The summed E-state index contributed by atoms with van der Waals surface area (Å²) >= 11 is 0. The first-order valence-electron chi connectivity index (χ1n) is 13.4. The average molecular weight is 456 g/mol. The van der Waals surface area contributed by atoms with Crippen molar-refractivity contribution in [3.05, 3.63) is 18.0 Å². The van der Waals surface area contributed by atoms with E-state index < -0.39 is 0 Å². The van der Waals surface area contributed by atoms with Gasteiger partial charge in [0, 0.05) is 55.9 Å². The zero-order valence-corrected chi connectivity index (χ0v) is 21.5. The van der Waals surface area contributed by atoms with Crippen LogP contribution in [0.2, 0.25) is 0 Å². The van der Waals surface area contributed by atoms with E-state index in [0.717, 1.165) is 51.4 Å². The quantitative estimate of drug-likeness (QED) is 0.581. The zero-order chi connectivity index (χ0) is 23.5. The lowest BCUT2D eigenvalue weighted by Gasteiger charge is -2.46. The van der Waals surface area contributed by atoms with Gasteiger partial charge in [-0.05, 0) is 76.1 Å². The van der Waals surface area contributed by atoms with E-state index in [1.807, 2.05) is 13.8 Å². The largest absolute Gasteiger partial charge is 0.332 e. The summed E-state index contributed by atoms with van der Waals surface area (Å²) in [4.78, 5) is 29.4. The molecule has 2 saturated heterocycles. The molecule has 0 aromatic carbocycles. The Kier molecular flexibility index (Phi) is 8.06. The normalized spacial score (nSPS) is 29.9. The zero-order valence-electron chi connectivity index (χ0n) is 21.5. The highest BCUT2D eigenvalue weighted by Crippen LogP contribution is 2.38. The van der Waals surface area contributed by atoms with Gasteiger partial charge in [0.1, 0.15) is 5.78 Å². The minimum absolute atomic E-state index is 0.186. The van der Waals surface area contributed by atoms with E-state index in [4.69, 9.17) is 9.97 Å². The van der Waals surface area contributed by atoms with Crippen LogP contribution in [0.5, 0.6) is 0 Å². The van der Waals surface area contributed by atoms with Crippen LogP contribution in [0, 0.1) is 11.8 Å². The molecular formula is C27H45N5O. The number of aromatic nitrogens is 2. The lowest BCUT2D eigenvalue weighted by atomic mass is 9.74. The van der Waals surface area contributed by atoms with Crippen molar-refractivity contribution in [2.24, 2.45) is 11.8 Å². The topological polar surface area (TPSA) is 52.6 Å². The minimum atomic E-state index is 0.186. The second-order valence-corrected chi connectivity index (χ2v) is 11.2. The van der Waals surface area contributed by atoms with Crippen molar-refractivity contribution in [1.82, 2.24) is 19.8 Å². The molecule has 33 heavy (non-hydrogen) atoms. The maximum Gasteiger partial charge on any atom is 0.225 e. The highest BCUT2D eigenvalue weighted by molar-refractivity contribution is 5.80. The van der Waals surface area contributed by atoms with Crippen LogP contribution in [-0.4, -0.2) is 76.9 Å². The Morgan fingerprint density at radius 3 is 2.12 bits per heavy atom. The molecule has 3 fully saturated rings. The molecule has 4 rings (SSSR count). The first kappa shape index (κ1) is 24.6. The molecule has 0 N–H and O–H groups in total. The maximum atomic E-state index is 12.0. The van der Waals surface area contributed by atoms with Crippen molar-refractivity contribution in [2.45, 2.75) is 96.7 Å². The summed E-state index contributed by atoms with van der Waals surface area (Å²) in [7, 11) is 2.23. The number of anilines is 1. The van der Waals surface area contributed by atoms with E-state index in [1.54, 1.807) is 0 Å². The van der Waals surface area contributed by atoms with Crippen LogP contribution in [0.25, 0.3) is 0 Å². The highest BCUT2D eigenvalue weighted by atomic mass is 16.1. The van der Waals surface area contributed by atoms with Crippen molar-refractivity contribution in [3.63, 3.8) is 0 Å². The van der Waals surface area contributed by atoms with Gasteiger partial charge in [0.15, 0.2) is 0 Å². The lowest BCUT2D eigenvalue weighted by molar-refractivity contribution is -0.124. The maximum absolute atomic E-state index is 12.0. The van der Waals surface area contributed by atoms with Gasteiger partial charge in [-0.15, -0.1) is 0 Å². The van der Waals surface area contributed by atoms with Crippen LogP contribution in [0.4, 0.5) is 5.95 Å². The first-order valence-corrected chi connectivity index (χ1v) is 13.4. The van der Waals surface area contributed by atoms with Crippen molar-refractivity contribution >= 4 is 11.7 Å². The number of piperidine rings is 1. The number of hydrogen-bond acceptors (Lipinski definition) is 6. The van der Waals surface area contributed by atoms with Crippen LogP contribution >= 0.6 is 0 Å². The smallest absolute Gasteiger partial charge is 0.225 e. The molecule has 2 atom stereocenters. The number of Topliss-reactive ketones (excluding diaryl/α,β-unsaturated/α-hetero) is 1. The van der Waals surface area contributed by atoms with E-state index in [-0.39, 0.29) is 5.92 Å². The predicted octanol–water partition coefficient (Wildman–Crippen LogP) is 4.36. The molecule has 184 valence electrons. The Bertz CT molecular complexity index is 753. The highest BCUT2D eigenvalue weighted by Gasteiger charge is 2.37. The summed E-state index contributed by atoms with van der Waals surface area (Å²) in [6.45, 7) is 13.1. The van der Waals surface area contributed by atoms with Gasteiger partial charge in [0.25, 0.3) is 0 Å². The number of carbonyl (C=O) groups is 1. The van der Waals surface area contributed by atoms with Crippen LogP contribution in [-0.2, 0) is 4.79 Å². The van der Waals surface area contributed by atoms with Crippen molar-refractivity contribution in [1.29, 1.82) is 0 Å². The number of likely N-dealkylation sites (N-methyl/N-ethyl adjacent to an activating group) is 1. The number of nitrogens with zero attached hydrogens (tertiary/aromatic N) is 5. The number of likely N-dealkylation sites (tertiary alicyclic amines) is 1. The van der Waals surface area contributed by atoms with Gasteiger partial charge in [0.05, 0.1) is 0 Å². The monoisotopic (exact) mass is 455 g/mol. The van der Waals surface area contributed by atoms with Crippen LogP contribution in [0.1, 0.15) is 84.1 Å². The SMILES string of the molecule is CCC1CN(C)CC(CC)N1c1ncc(C2CCN(C3CC(CC(=O)C(C)C)C3)CC2)cn1.